The summed E-state index contributed by atoms with van der Waals surface area (Å²) in [7, 11) is 0. The molecule has 110 valence electrons. The second kappa shape index (κ2) is 5.90. The van der Waals surface area contributed by atoms with Crippen LogP contribution in [0.1, 0.15) is 32.6 Å². The molecular weight excluding hydrogens is 275 g/mol. The summed E-state index contributed by atoms with van der Waals surface area (Å²) in [6, 6.07) is 6.04. The number of benzene rings is 1. The minimum Gasteiger partial charge on any atom is -0.363 e. The Bertz CT molecular complexity index is 480. The van der Waals surface area contributed by atoms with E-state index in [1.54, 1.807) is 6.07 Å². The van der Waals surface area contributed by atoms with E-state index in [9.17, 15) is 4.39 Å². The van der Waals surface area contributed by atoms with Crippen LogP contribution in [0.3, 0.4) is 0 Å². The Hall–Kier alpha value is -0.800. The highest BCUT2D eigenvalue weighted by Crippen LogP contribution is 2.31. The molecule has 1 aromatic carbocycles. The fourth-order valence-electron chi connectivity index (χ4n) is 3.61. The summed E-state index contributed by atoms with van der Waals surface area (Å²) < 4.78 is 14.2. The average molecular weight is 297 g/mol. The number of piperidine rings is 1. The third kappa shape index (κ3) is 2.66. The lowest BCUT2D eigenvalue weighted by Crippen LogP contribution is -2.59. The third-order valence-electron chi connectivity index (χ3n) is 4.73. The topological polar surface area (TPSA) is 6.48 Å². The standard InChI is InChI=1S/C16H22ClFN2/c1-2-13-10-19-8-4-3-5-14(19)11-20(13)16-7-6-12(17)9-15(16)18/h6-7,9,13-14H,2-5,8,10-11H2,1H3. The summed E-state index contributed by atoms with van der Waals surface area (Å²) in [6.07, 6.45) is 4.89. The molecule has 1 aromatic rings. The van der Waals surface area contributed by atoms with Gasteiger partial charge in [0.1, 0.15) is 5.82 Å². The quantitative estimate of drug-likeness (QED) is 0.816. The summed E-state index contributed by atoms with van der Waals surface area (Å²) in [5, 5.41) is 0.468. The Morgan fingerprint density at radius 2 is 2.15 bits per heavy atom. The summed E-state index contributed by atoms with van der Waals surface area (Å²) in [4.78, 5) is 4.86. The van der Waals surface area contributed by atoms with Gasteiger partial charge in [-0.05, 0) is 44.0 Å². The van der Waals surface area contributed by atoms with E-state index in [1.807, 2.05) is 6.07 Å². The Labute approximate surface area is 125 Å². The zero-order chi connectivity index (χ0) is 14.1. The van der Waals surface area contributed by atoms with Crippen LogP contribution in [0.4, 0.5) is 10.1 Å². The molecule has 2 nitrogen and oxygen atoms in total. The molecule has 0 saturated carbocycles. The molecule has 0 aliphatic carbocycles. The van der Waals surface area contributed by atoms with Gasteiger partial charge in [-0.25, -0.2) is 4.39 Å². The molecule has 0 aromatic heterocycles. The van der Waals surface area contributed by atoms with Gasteiger partial charge in [-0.3, -0.25) is 4.90 Å². The predicted molar refractivity (Wildman–Crippen MR) is 82.0 cm³/mol. The molecule has 0 spiro atoms. The van der Waals surface area contributed by atoms with Crippen molar-refractivity contribution in [2.24, 2.45) is 0 Å². The van der Waals surface area contributed by atoms with Crippen molar-refractivity contribution in [2.45, 2.75) is 44.7 Å². The van der Waals surface area contributed by atoms with Gasteiger partial charge >= 0.3 is 0 Å². The maximum atomic E-state index is 14.2. The summed E-state index contributed by atoms with van der Waals surface area (Å²) >= 11 is 5.87. The number of hydrogen-bond donors (Lipinski definition) is 0. The van der Waals surface area contributed by atoms with Crippen LogP contribution in [-0.4, -0.2) is 36.6 Å². The van der Waals surface area contributed by atoms with Crippen LogP contribution < -0.4 is 4.90 Å². The second-order valence-corrected chi connectivity index (χ2v) is 6.39. The van der Waals surface area contributed by atoms with Gasteiger partial charge in [0.2, 0.25) is 0 Å². The number of rotatable bonds is 2. The van der Waals surface area contributed by atoms with E-state index in [-0.39, 0.29) is 5.82 Å². The number of hydrogen-bond acceptors (Lipinski definition) is 2. The average Bonchev–Trinajstić information content (AvgIpc) is 2.46. The molecule has 2 fully saturated rings. The number of halogens is 2. The molecule has 20 heavy (non-hydrogen) atoms. The minimum absolute atomic E-state index is 0.194. The van der Waals surface area contributed by atoms with Crippen LogP contribution in [0.25, 0.3) is 0 Å². The van der Waals surface area contributed by atoms with Crippen LogP contribution in [0.5, 0.6) is 0 Å². The Balaban J connectivity index is 1.86. The van der Waals surface area contributed by atoms with Gasteiger partial charge < -0.3 is 4.90 Å². The molecule has 2 heterocycles. The van der Waals surface area contributed by atoms with Crippen molar-refractivity contribution in [3.05, 3.63) is 29.0 Å². The van der Waals surface area contributed by atoms with Gasteiger partial charge in [-0.1, -0.05) is 24.9 Å². The van der Waals surface area contributed by atoms with Crippen molar-refractivity contribution in [3.8, 4) is 0 Å². The highest BCUT2D eigenvalue weighted by atomic mass is 35.5. The monoisotopic (exact) mass is 296 g/mol. The summed E-state index contributed by atoms with van der Waals surface area (Å²) in [5.41, 5.74) is 0.714. The Morgan fingerprint density at radius 1 is 1.30 bits per heavy atom. The molecule has 3 rings (SSSR count). The second-order valence-electron chi connectivity index (χ2n) is 5.95. The molecule has 4 heteroatoms. The van der Waals surface area contributed by atoms with Crippen molar-refractivity contribution in [1.82, 2.24) is 4.90 Å². The van der Waals surface area contributed by atoms with Gasteiger partial charge in [0.15, 0.2) is 0 Å². The number of piperazine rings is 1. The largest absolute Gasteiger partial charge is 0.363 e. The molecule has 2 atom stereocenters. The Kier molecular flexibility index (Phi) is 4.18. The number of fused-ring (bicyclic) bond motifs is 1. The highest BCUT2D eigenvalue weighted by Gasteiger charge is 2.35. The van der Waals surface area contributed by atoms with E-state index in [1.165, 1.54) is 31.9 Å². The smallest absolute Gasteiger partial charge is 0.147 e. The van der Waals surface area contributed by atoms with Gasteiger partial charge in [0.05, 0.1) is 5.69 Å². The van der Waals surface area contributed by atoms with Crippen LogP contribution in [0.15, 0.2) is 18.2 Å². The van der Waals surface area contributed by atoms with E-state index >= 15 is 0 Å². The zero-order valence-corrected chi connectivity index (χ0v) is 12.7. The van der Waals surface area contributed by atoms with Crippen molar-refractivity contribution < 1.29 is 4.39 Å². The molecule has 2 saturated heterocycles. The van der Waals surface area contributed by atoms with E-state index in [0.29, 0.717) is 22.8 Å². The molecule has 2 unspecified atom stereocenters. The number of anilines is 1. The molecule has 2 aliphatic rings. The maximum Gasteiger partial charge on any atom is 0.147 e. The molecular formula is C16H22ClFN2. The first-order chi connectivity index (χ1) is 9.69. The lowest BCUT2D eigenvalue weighted by molar-refractivity contribution is 0.110. The fourth-order valence-corrected chi connectivity index (χ4v) is 3.77. The third-order valence-corrected chi connectivity index (χ3v) is 4.97. The molecule has 0 bridgehead atoms. The van der Waals surface area contributed by atoms with E-state index in [0.717, 1.165) is 19.5 Å². The van der Waals surface area contributed by atoms with Gasteiger partial charge in [-0.15, -0.1) is 0 Å². The van der Waals surface area contributed by atoms with Crippen LogP contribution in [0, 0.1) is 5.82 Å². The highest BCUT2D eigenvalue weighted by molar-refractivity contribution is 6.30. The lowest BCUT2D eigenvalue weighted by atomic mass is 9.95. The van der Waals surface area contributed by atoms with E-state index < -0.39 is 0 Å². The van der Waals surface area contributed by atoms with Crippen molar-refractivity contribution in [3.63, 3.8) is 0 Å². The lowest BCUT2D eigenvalue weighted by Gasteiger charge is -2.49. The Morgan fingerprint density at radius 3 is 2.90 bits per heavy atom. The normalized spacial score (nSPS) is 27.4. The zero-order valence-electron chi connectivity index (χ0n) is 12.0. The fraction of sp³-hybridized carbons (Fsp3) is 0.625. The van der Waals surface area contributed by atoms with E-state index in [4.69, 9.17) is 11.6 Å². The van der Waals surface area contributed by atoms with Crippen LogP contribution >= 0.6 is 11.6 Å². The maximum absolute atomic E-state index is 14.2. The van der Waals surface area contributed by atoms with Crippen molar-refractivity contribution in [2.75, 3.05) is 24.5 Å². The first-order valence-corrected chi connectivity index (χ1v) is 8.02. The summed E-state index contributed by atoms with van der Waals surface area (Å²) in [5.74, 6) is -0.194. The van der Waals surface area contributed by atoms with Gasteiger partial charge in [0.25, 0.3) is 0 Å². The summed E-state index contributed by atoms with van der Waals surface area (Å²) in [6.45, 7) is 5.40. The van der Waals surface area contributed by atoms with E-state index in [2.05, 4.69) is 16.7 Å². The van der Waals surface area contributed by atoms with Crippen LogP contribution in [0.2, 0.25) is 5.02 Å². The first-order valence-electron chi connectivity index (χ1n) is 7.64. The molecule has 0 amide bonds. The number of nitrogens with zero attached hydrogens (tertiary/aromatic N) is 2. The van der Waals surface area contributed by atoms with Gasteiger partial charge in [-0.2, -0.15) is 0 Å². The van der Waals surface area contributed by atoms with Crippen molar-refractivity contribution >= 4 is 17.3 Å². The molecule has 0 radical (unpaired) electrons. The minimum atomic E-state index is -0.194. The predicted octanol–water partition coefficient (Wildman–Crippen LogP) is 3.93. The van der Waals surface area contributed by atoms with Gasteiger partial charge in [0, 0.05) is 30.2 Å². The SMILES string of the molecule is CCC1CN2CCCCC2CN1c1ccc(Cl)cc1F. The van der Waals surface area contributed by atoms with Crippen LogP contribution in [-0.2, 0) is 0 Å². The molecule has 0 N–H and O–H groups in total. The first kappa shape index (κ1) is 14.2. The van der Waals surface area contributed by atoms with Crippen molar-refractivity contribution in [1.29, 1.82) is 0 Å². The molecule has 2 aliphatic heterocycles.